The Morgan fingerprint density at radius 2 is 2.06 bits per heavy atom. The van der Waals surface area contributed by atoms with E-state index in [0.717, 1.165) is 31.2 Å². The third-order valence-corrected chi connectivity index (χ3v) is 4.21. The van der Waals surface area contributed by atoms with Crippen molar-refractivity contribution in [2.45, 2.75) is 51.1 Å². The van der Waals surface area contributed by atoms with Gasteiger partial charge in [-0.15, -0.1) is 0 Å². The molecule has 0 saturated heterocycles. The Labute approximate surface area is 106 Å². The molecule has 0 amide bonds. The standard InChI is InChI=1S/C14H28N2O/c1-3-8-15-11-12-4-7-14(12)16(9-10-17-2)13-5-6-13/h12-15H,3-11H2,1-2H3. The molecule has 2 rings (SSSR count). The fourth-order valence-electron chi connectivity index (χ4n) is 2.91. The molecule has 17 heavy (non-hydrogen) atoms. The van der Waals surface area contributed by atoms with E-state index in [9.17, 15) is 0 Å². The predicted molar refractivity (Wildman–Crippen MR) is 71.3 cm³/mol. The highest BCUT2D eigenvalue weighted by atomic mass is 16.5. The maximum absolute atomic E-state index is 5.25. The maximum Gasteiger partial charge on any atom is 0.0589 e. The second-order valence-corrected chi connectivity index (χ2v) is 5.57. The van der Waals surface area contributed by atoms with Crippen molar-refractivity contribution in [3.8, 4) is 0 Å². The van der Waals surface area contributed by atoms with Crippen molar-refractivity contribution in [2.75, 3.05) is 33.4 Å². The van der Waals surface area contributed by atoms with Gasteiger partial charge in [-0.25, -0.2) is 0 Å². The molecule has 2 unspecified atom stereocenters. The maximum atomic E-state index is 5.25. The third kappa shape index (κ3) is 3.67. The predicted octanol–water partition coefficient (Wildman–Crippen LogP) is 1.88. The van der Waals surface area contributed by atoms with E-state index >= 15 is 0 Å². The molecule has 2 fully saturated rings. The Kier molecular flexibility index (Phi) is 5.26. The van der Waals surface area contributed by atoms with Crippen LogP contribution in [-0.2, 0) is 4.74 Å². The van der Waals surface area contributed by atoms with Crippen LogP contribution in [0.25, 0.3) is 0 Å². The van der Waals surface area contributed by atoms with Crippen molar-refractivity contribution in [1.82, 2.24) is 10.2 Å². The first-order chi connectivity index (χ1) is 8.36. The summed E-state index contributed by atoms with van der Waals surface area (Å²) < 4.78 is 5.25. The summed E-state index contributed by atoms with van der Waals surface area (Å²) in [5.41, 5.74) is 0. The van der Waals surface area contributed by atoms with Crippen LogP contribution in [-0.4, -0.2) is 50.3 Å². The summed E-state index contributed by atoms with van der Waals surface area (Å²) in [5, 5.41) is 3.58. The van der Waals surface area contributed by atoms with Gasteiger partial charge in [0.2, 0.25) is 0 Å². The van der Waals surface area contributed by atoms with Crippen molar-refractivity contribution in [3.05, 3.63) is 0 Å². The van der Waals surface area contributed by atoms with E-state index in [0.29, 0.717) is 0 Å². The molecule has 1 N–H and O–H groups in total. The highest BCUT2D eigenvalue weighted by molar-refractivity contribution is 4.96. The lowest BCUT2D eigenvalue weighted by Crippen LogP contribution is -2.52. The van der Waals surface area contributed by atoms with E-state index in [2.05, 4.69) is 17.1 Å². The van der Waals surface area contributed by atoms with E-state index in [1.165, 1.54) is 45.2 Å². The van der Waals surface area contributed by atoms with Gasteiger partial charge >= 0.3 is 0 Å². The molecule has 2 atom stereocenters. The van der Waals surface area contributed by atoms with E-state index in [-0.39, 0.29) is 0 Å². The fraction of sp³-hybridized carbons (Fsp3) is 1.00. The summed E-state index contributed by atoms with van der Waals surface area (Å²) in [6.07, 6.45) is 6.88. The van der Waals surface area contributed by atoms with E-state index in [1.54, 1.807) is 0 Å². The summed E-state index contributed by atoms with van der Waals surface area (Å²) in [7, 11) is 1.81. The van der Waals surface area contributed by atoms with Gasteiger partial charge in [-0.3, -0.25) is 4.90 Å². The lowest BCUT2D eigenvalue weighted by Gasteiger charge is -2.45. The van der Waals surface area contributed by atoms with Gasteiger partial charge in [0.15, 0.2) is 0 Å². The van der Waals surface area contributed by atoms with Crippen LogP contribution in [0.15, 0.2) is 0 Å². The minimum Gasteiger partial charge on any atom is -0.383 e. The molecule has 0 aromatic rings. The summed E-state index contributed by atoms with van der Waals surface area (Å²) >= 11 is 0. The second kappa shape index (κ2) is 6.72. The zero-order valence-corrected chi connectivity index (χ0v) is 11.5. The number of hydrogen-bond donors (Lipinski definition) is 1. The minimum atomic E-state index is 0.835. The molecule has 2 aliphatic rings. The second-order valence-electron chi connectivity index (χ2n) is 5.57. The monoisotopic (exact) mass is 240 g/mol. The van der Waals surface area contributed by atoms with Crippen molar-refractivity contribution in [2.24, 2.45) is 5.92 Å². The molecule has 0 aliphatic heterocycles. The highest BCUT2D eigenvalue weighted by Gasteiger charge is 2.41. The molecule has 0 spiro atoms. The molecule has 0 aromatic heterocycles. The zero-order valence-electron chi connectivity index (χ0n) is 11.5. The molecule has 0 radical (unpaired) electrons. The summed E-state index contributed by atoms with van der Waals surface area (Å²) in [4.78, 5) is 2.73. The Balaban J connectivity index is 1.73. The Morgan fingerprint density at radius 1 is 1.24 bits per heavy atom. The van der Waals surface area contributed by atoms with Gasteiger partial charge < -0.3 is 10.1 Å². The van der Waals surface area contributed by atoms with Gasteiger partial charge in [-0.2, -0.15) is 0 Å². The molecule has 0 aromatic carbocycles. The molecular weight excluding hydrogens is 212 g/mol. The number of methoxy groups -OCH3 is 1. The average Bonchev–Trinajstić information content (AvgIpc) is 3.12. The smallest absolute Gasteiger partial charge is 0.0589 e. The van der Waals surface area contributed by atoms with Crippen molar-refractivity contribution < 1.29 is 4.74 Å². The van der Waals surface area contributed by atoms with Gasteiger partial charge in [-0.05, 0) is 51.1 Å². The van der Waals surface area contributed by atoms with Crippen LogP contribution in [0.4, 0.5) is 0 Å². The van der Waals surface area contributed by atoms with Crippen LogP contribution in [0, 0.1) is 5.92 Å². The van der Waals surface area contributed by atoms with Crippen molar-refractivity contribution in [1.29, 1.82) is 0 Å². The van der Waals surface area contributed by atoms with Gasteiger partial charge in [0.05, 0.1) is 6.61 Å². The first-order valence-corrected chi connectivity index (χ1v) is 7.32. The van der Waals surface area contributed by atoms with Crippen LogP contribution >= 0.6 is 0 Å². The van der Waals surface area contributed by atoms with Crippen molar-refractivity contribution in [3.63, 3.8) is 0 Å². The molecule has 2 saturated carbocycles. The first-order valence-electron chi connectivity index (χ1n) is 7.32. The number of nitrogens with one attached hydrogen (secondary N) is 1. The summed E-state index contributed by atoms with van der Waals surface area (Å²) in [6, 6.07) is 1.71. The largest absolute Gasteiger partial charge is 0.383 e. The normalized spacial score (nSPS) is 28.4. The average molecular weight is 240 g/mol. The van der Waals surface area contributed by atoms with Gasteiger partial charge in [0.1, 0.15) is 0 Å². The van der Waals surface area contributed by atoms with Crippen molar-refractivity contribution >= 4 is 0 Å². The molecule has 2 aliphatic carbocycles. The summed E-state index contributed by atoms with van der Waals surface area (Å²) in [5.74, 6) is 0.888. The molecular formula is C14H28N2O. The first kappa shape index (κ1) is 13.3. The molecule has 3 nitrogen and oxygen atoms in total. The van der Waals surface area contributed by atoms with Crippen LogP contribution < -0.4 is 5.32 Å². The number of nitrogens with zero attached hydrogens (tertiary/aromatic N) is 1. The molecule has 100 valence electrons. The van der Waals surface area contributed by atoms with Gasteiger partial charge in [-0.1, -0.05) is 6.92 Å². The van der Waals surface area contributed by atoms with Gasteiger partial charge in [0, 0.05) is 25.7 Å². The lowest BCUT2D eigenvalue weighted by atomic mass is 9.78. The lowest BCUT2D eigenvalue weighted by molar-refractivity contribution is 0.0339. The number of hydrogen-bond acceptors (Lipinski definition) is 3. The van der Waals surface area contributed by atoms with Crippen LogP contribution in [0.3, 0.4) is 0 Å². The summed E-state index contributed by atoms with van der Waals surface area (Å²) in [6.45, 7) is 6.65. The fourth-order valence-corrected chi connectivity index (χ4v) is 2.91. The van der Waals surface area contributed by atoms with Crippen LogP contribution in [0.5, 0.6) is 0 Å². The van der Waals surface area contributed by atoms with Crippen LogP contribution in [0.2, 0.25) is 0 Å². The molecule has 0 bridgehead atoms. The van der Waals surface area contributed by atoms with Crippen LogP contribution in [0.1, 0.15) is 39.0 Å². The highest BCUT2D eigenvalue weighted by Crippen LogP contribution is 2.38. The number of ether oxygens (including phenoxy) is 1. The Bertz CT molecular complexity index is 218. The third-order valence-electron chi connectivity index (χ3n) is 4.21. The van der Waals surface area contributed by atoms with E-state index in [4.69, 9.17) is 4.74 Å². The Hall–Kier alpha value is -0.120. The Morgan fingerprint density at radius 3 is 2.59 bits per heavy atom. The minimum absolute atomic E-state index is 0.835. The quantitative estimate of drug-likeness (QED) is 0.623. The number of rotatable bonds is 9. The molecule has 0 heterocycles. The zero-order chi connectivity index (χ0) is 12.1. The molecule has 3 heteroatoms. The SMILES string of the molecule is CCCNCC1CCC1N(CCOC)C1CC1. The van der Waals surface area contributed by atoms with E-state index < -0.39 is 0 Å². The van der Waals surface area contributed by atoms with E-state index in [1.807, 2.05) is 7.11 Å². The van der Waals surface area contributed by atoms with Gasteiger partial charge in [0.25, 0.3) is 0 Å². The topological polar surface area (TPSA) is 24.5 Å².